The number of halogens is 1. The summed E-state index contributed by atoms with van der Waals surface area (Å²) in [6.45, 7) is 2.16. The van der Waals surface area contributed by atoms with Crippen LogP contribution in [0.2, 0.25) is 0 Å². The van der Waals surface area contributed by atoms with Crippen molar-refractivity contribution in [2.75, 3.05) is 13.7 Å². The summed E-state index contributed by atoms with van der Waals surface area (Å²) in [7, 11) is 1.64. The SMILES string of the molecule is CCOc1ccc(C(CC(=O)O)NC)cc1F. The van der Waals surface area contributed by atoms with Gasteiger partial charge in [0.1, 0.15) is 0 Å². The van der Waals surface area contributed by atoms with Crippen molar-refractivity contribution in [3.63, 3.8) is 0 Å². The fraction of sp³-hybridized carbons (Fsp3) is 0.417. The highest BCUT2D eigenvalue weighted by molar-refractivity contribution is 5.68. The van der Waals surface area contributed by atoms with Crippen LogP contribution in [0.4, 0.5) is 4.39 Å². The molecule has 1 aromatic rings. The van der Waals surface area contributed by atoms with Gasteiger partial charge in [0, 0.05) is 6.04 Å². The van der Waals surface area contributed by atoms with Crippen LogP contribution in [0.1, 0.15) is 24.9 Å². The van der Waals surface area contributed by atoms with Crippen LogP contribution < -0.4 is 10.1 Å². The van der Waals surface area contributed by atoms with E-state index in [0.29, 0.717) is 12.2 Å². The van der Waals surface area contributed by atoms with Gasteiger partial charge in [0.2, 0.25) is 0 Å². The van der Waals surface area contributed by atoms with Crippen LogP contribution in [0, 0.1) is 5.82 Å². The lowest BCUT2D eigenvalue weighted by Crippen LogP contribution is -2.20. The van der Waals surface area contributed by atoms with Gasteiger partial charge in [-0.15, -0.1) is 0 Å². The number of hydrogen-bond donors (Lipinski definition) is 2. The van der Waals surface area contributed by atoms with E-state index in [1.165, 1.54) is 12.1 Å². The molecule has 0 spiro atoms. The zero-order valence-electron chi connectivity index (χ0n) is 9.87. The number of carbonyl (C=O) groups is 1. The first kappa shape index (κ1) is 13.4. The smallest absolute Gasteiger partial charge is 0.305 e. The van der Waals surface area contributed by atoms with Gasteiger partial charge in [0.15, 0.2) is 11.6 Å². The molecule has 0 amide bonds. The zero-order chi connectivity index (χ0) is 12.8. The van der Waals surface area contributed by atoms with Crippen LogP contribution in [0.15, 0.2) is 18.2 Å². The van der Waals surface area contributed by atoms with E-state index in [1.54, 1.807) is 20.0 Å². The minimum atomic E-state index is -0.932. The van der Waals surface area contributed by atoms with Crippen LogP contribution in [-0.2, 0) is 4.79 Å². The van der Waals surface area contributed by atoms with E-state index < -0.39 is 17.8 Å². The quantitative estimate of drug-likeness (QED) is 0.799. The molecule has 2 N–H and O–H groups in total. The van der Waals surface area contributed by atoms with Gasteiger partial charge in [-0.05, 0) is 31.7 Å². The standard InChI is InChI=1S/C12H16FNO3/c1-3-17-11-5-4-8(6-9(11)13)10(14-2)7-12(15)16/h4-6,10,14H,3,7H2,1-2H3,(H,15,16). The molecule has 0 radical (unpaired) electrons. The molecule has 0 saturated heterocycles. The van der Waals surface area contributed by atoms with E-state index in [1.807, 2.05) is 0 Å². The van der Waals surface area contributed by atoms with E-state index in [2.05, 4.69) is 5.32 Å². The second kappa shape index (κ2) is 6.20. The number of carboxylic acid groups (broad SMARTS) is 1. The molecule has 1 rings (SSSR count). The van der Waals surface area contributed by atoms with Crippen molar-refractivity contribution in [2.24, 2.45) is 0 Å². The number of carboxylic acids is 1. The lowest BCUT2D eigenvalue weighted by molar-refractivity contribution is -0.137. The Morgan fingerprint density at radius 3 is 2.76 bits per heavy atom. The first-order chi connectivity index (χ1) is 8.08. The molecule has 0 aromatic heterocycles. The lowest BCUT2D eigenvalue weighted by Gasteiger charge is -2.15. The molecule has 0 saturated carbocycles. The van der Waals surface area contributed by atoms with Gasteiger partial charge in [0.05, 0.1) is 13.0 Å². The molecule has 0 aliphatic heterocycles. The first-order valence-electron chi connectivity index (χ1n) is 5.39. The fourth-order valence-corrected chi connectivity index (χ4v) is 1.57. The highest BCUT2D eigenvalue weighted by atomic mass is 19.1. The Bertz CT molecular complexity index is 395. The Morgan fingerprint density at radius 2 is 2.29 bits per heavy atom. The number of rotatable bonds is 6. The molecule has 94 valence electrons. The Morgan fingerprint density at radius 1 is 1.59 bits per heavy atom. The number of ether oxygens (including phenoxy) is 1. The van der Waals surface area contributed by atoms with Gasteiger partial charge >= 0.3 is 5.97 Å². The largest absolute Gasteiger partial charge is 0.491 e. The minimum Gasteiger partial charge on any atom is -0.491 e. The predicted molar refractivity (Wildman–Crippen MR) is 61.6 cm³/mol. The number of hydrogen-bond acceptors (Lipinski definition) is 3. The summed E-state index contributed by atoms with van der Waals surface area (Å²) < 4.78 is 18.6. The van der Waals surface area contributed by atoms with Crippen LogP contribution in [0.3, 0.4) is 0 Å². The van der Waals surface area contributed by atoms with E-state index in [-0.39, 0.29) is 12.2 Å². The molecule has 1 atom stereocenters. The minimum absolute atomic E-state index is 0.0933. The molecule has 0 heterocycles. The van der Waals surface area contributed by atoms with Gasteiger partial charge in [-0.25, -0.2) is 4.39 Å². The summed E-state index contributed by atoms with van der Waals surface area (Å²) >= 11 is 0. The van der Waals surface area contributed by atoms with Crippen LogP contribution in [-0.4, -0.2) is 24.7 Å². The van der Waals surface area contributed by atoms with Crippen molar-refractivity contribution >= 4 is 5.97 Å². The highest BCUT2D eigenvalue weighted by Gasteiger charge is 2.15. The molecule has 0 aliphatic rings. The predicted octanol–water partition coefficient (Wildman–Crippen LogP) is 1.96. The molecule has 4 nitrogen and oxygen atoms in total. The summed E-state index contributed by atoms with van der Waals surface area (Å²) in [4.78, 5) is 10.6. The van der Waals surface area contributed by atoms with E-state index in [9.17, 15) is 9.18 Å². The van der Waals surface area contributed by atoms with Gasteiger partial charge in [0.25, 0.3) is 0 Å². The van der Waals surface area contributed by atoms with Crippen LogP contribution in [0.25, 0.3) is 0 Å². The molecule has 0 fully saturated rings. The number of aliphatic carboxylic acids is 1. The molecular formula is C12H16FNO3. The van der Waals surface area contributed by atoms with Crippen molar-refractivity contribution in [1.29, 1.82) is 0 Å². The summed E-state index contributed by atoms with van der Waals surface area (Å²) in [6, 6.07) is 4.07. The Balaban J connectivity index is 2.90. The lowest BCUT2D eigenvalue weighted by atomic mass is 10.0. The van der Waals surface area contributed by atoms with Crippen LogP contribution >= 0.6 is 0 Å². The Hall–Kier alpha value is -1.62. The van der Waals surface area contributed by atoms with E-state index in [4.69, 9.17) is 9.84 Å². The van der Waals surface area contributed by atoms with E-state index in [0.717, 1.165) is 0 Å². The van der Waals surface area contributed by atoms with Gasteiger partial charge in [-0.3, -0.25) is 4.79 Å². The Labute approximate surface area is 99.4 Å². The maximum absolute atomic E-state index is 13.6. The molecular weight excluding hydrogens is 225 g/mol. The molecule has 0 bridgehead atoms. The number of benzene rings is 1. The monoisotopic (exact) mass is 241 g/mol. The van der Waals surface area contributed by atoms with Crippen molar-refractivity contribution in [3.8, 4) is 5.75 Å². The van der Waals surface area contributed by atoms with Crippen molar-refractivity contribution in [3.05, 3.63) is 29.6 Å². The van der Waals surface area contributed by atoms with Crippen molar-refractivity contribution in [1.82, 2.24) is 5.32 Å². The van der Waals surface area contributed by atoms with E-state index >= 15 is 0 Å². The highest BCUT2D eigenvalue weighted by Crippen LogP contribution is 2.23. The van der Waals surface area contributed by atoms with Gasteiger partial charge in [-0.1, -0.05) is 6.07 Å². The summed E-state index contributed by atoms with van der Waals surface area (Å²) in [5.41, 5.74) is 0.593. The summed E-state index contributed by atoms with van der Waals surface area (Å²) in [5.74, 6) is -1.23. The van der Waals surface area contributed by atoms with Gasteiger partial charge in [-0.2, -0.15) is 0 Å². The molecule has 17 heavy (non-hydrogen) atoms. The third-order valence-electron chi connectivity index (χ3n) is 2.39. The molecule has 5 heteroatoms. The normalized spacial score (nSPS) is 12.2. The average Bonchev–Trinajstić information content (AvgIpc) is 2.28. The Kier molecular flexibility index (Phi) is 4.90. The zero-order valence-corrected chi connectivity index (χ0v) is 9.87. The van der Waals surface area contributed by atoms with Gasteiger partial charge < -0.3 is 15.2 Å². The maximum atomic E-state index is 13.6. The van der Waals surface area contributed by atoms with Crippen molar-refractivity contribution < 1.29 is 19.0 Å². The topological polar surface area (TPSA) is 58.6 Å². The average molecular weight is 241 g/mol. The molecule has 1 unspecified atom stereocenters. The third kappa shape index (κ3) is 3.71. The number of nitrogens with one attached hydrogen (secondary N) is 1. The second-order valence-electron chi connectivity index (χ2n) is 3.56. The van der Waals surface area contributed by atoms with Crippen LogP contribution in [0.5, 0.6) is 5.75 Å². The fourth-order valence-electron chi connectivity index (χ4n) is 1.57. The maximum Gasteiger partial charge on any atom is 0.305 e. The first-order valence-corrected chi connectivity index (χ1v) is 5.39. The summed E-state index contributed by atoms with van der Waals surface area (Å²) in [5, 5.41) is 11.6. The van der Waals surface area contributed by atoms with Crippen molar-refractivity contribution in [2.45, 2.75) is 19.4 Å². The third-order valence-corrected chi connectivity index (χ3v) is 2.39. The second-order valence-corrected chi connectivity index (χ2v) is 3.56. The summed E-state index contributed by atoms with van der Waals surface area (Å²) in [6.07, 6.45) is -0.0933. The molecule has 0 aliphatic carbocycles. The molecule has 1 aromatic carbocycles.